The molecule has 4 rings (SSSR count). The Morgan fingerprint density at radius 1 is 1.00 bits per heavy atom. The third kappa shape index (κ3) is 3.72. The monoisotopic (exact) mass is 344 g/mol. The Morgan fingerprint density at radius 2 is 1.81 bits per heavy atom. The van der Waals surface area contributed by atoms with Gasteiger partial charge in [0.2, 0.25) is 5.91 Å². The number of benzene rings is 3. The zero-order valence-electron chi connectivity index (χ0n) is 14.9. The lowest BCUT2D eigenvalue weighted by Gasteiger charge is -2.19. The van der Waals surface area contributed by atoms with Crippen molar-refractivity contribution >= 4 is 22.4 Å². The second-order valence-electron chi connectivity index (χ2n) is 7.01. The molecule has 1 aliphatic heterocycles. The average Bonchev–Trinajstić information content (AvgIpc) is 2.88. The number of fused-ring (bicyclic) bond motifs is 2. The highest BCUT2D eigenvalue weighted by Crippen LogP contribution is 2.23. The van der Waals surface area contributed by atoms with Crippen molar-refractivity contribution in [2.24, 2.45) is 0 Å². The van der Waals surface area contributed by atoms with Gasteiger partial charge >= 0.3 is 0 Å². The Kier molecular flexibility index (Phi) is 4.87. The van der Waals surface area contributed by atoms with Crippen LogP contribution in [0.3, 0.4) is 0 Å². The molecule has 1 unspecified atom stereocenters. The molecule has 3 aromatic carbocycles. The predicted octanol–water partition coefficient (Wildman–Crippen LogP) is 4.32. The smallest absolute Gasteiger partial charge is 0.224 e. The molecular formula is C23H24N2O. The van der Waals surface area contributed by atoms with Crippen LogP contribution in [-0.4, -0.2) is 18.5 Å². The summed E-state index contributed by atoms with van der Waals surface area (Å²) in [6, 6.07) is 23.1. The maximum Gasteiger partial charge on any atom is 0.224 e. The highest BCUT2D eigenvalue weighted by atomic mass is 16.1. The third-order valence-corrected chi connectivity index (χ3v) is 5.15. The molecule has 1 atom stereocenters. The summed E-state index contributed by atoms with van der Waals surface area (Å²) in [6.07, 6.45) is 3.74. The van der Waals surface area contributed by atoms with E-state index in [9.17, 15) is 4.79 Å². The van der Waals surface area contributed by atoms with Crippen LogP contribution < -0.4 is 10.6 Å². The summed E-state index contributed by atoms with van der Waals surface area (Å²) in [5.74, 6) is 0.0840. The summed E-state index contributed by atoms with van der Waals surface area (Å²) in [5.41, 5.74) is 3.66. The Balaban J connectivity index is 1.38. The largest absolute Gasteiger partial charge is 0.380 e. The molecule has 0 saturated carbocycles. The third-order valence-electron chi connectivity index (χ3n) is 5.15. The van der Waals surface area contributed by atoms with Crippen LogP contribution in [0, 0.1) is 0 Å². The molecule has 0 saturated heterocycles. The number of aryl methyl sites for hydroxylation is 1. The summed E-state index contributed by atoms with van der Waals surface area (Å²) in [6.45, 7) is 0.665. The van der Waals surface area contributed by atoms with Crippen molar-refractivity contribution in [1.29, 1.82) is 0 Å². The van der Waals surface area contributed by atoms with Crippen molar-refractivity contribution in [3.63, 3.8) is 0 Å². The van der Waals surface area contributed by atoms with Crippen LogP contribution in [0.25, 0.3) is 10.8 Å². The molecule has 3 nitrogen and oxygen atoms in total. The van der Waals surface area contributed by atoms with E-state index in [4.69, 9.17) is 0 Å². The molecule has 0 aliphatic carbocycles. The second kappa shape index (κ2) is 7.61. The van der Waals surface area contributed by atoms with Gasteiger partial charge in [0.25, 0.3) is 0 Å². The van der Waals surface area contributed by atoms with E-state index in [2.05, 4.69) is 53.1 Å². The molecule has 26 heavy (non-hydrogen) atoms. The first-order chi connectivity index (χ1) is 12.8. The van der Waals surface area contributed by atoms with Gasteiger partial charge in [-0.15, -0.1) is 0 Å². The van der Waals surface area contributed by atoms with E-state index < -0.39 is 0 Å². The summed E-state index contributed by atoms with van der Waals surface area (Å²) in [5, 5.41) is 9.06. The normalized spacial score (nSPS) is 16.4. The number of carbonyl (C=O) groups excluding carboxylic acids is 1. The fourth-order valence-corrected chi connectivity index (χ4v) is 3.78. The first-order valence-electron chi connectivity index (χ1n) is 9.37. The molecule has 0 bridgehead atoms. The minimum atomic E-state index is 0.0840. The molecule has 0 fully saturated rings. The van der Waals surface area contributed by atoms with E-state index in [1.54, 1.807) is 0 Å². The lowest BCUT2D eigenvalue weighted by Crippen LogP contribution is -2.36. The van der Waals surface area contributed by atoms with Gasteiger partial charge in [-0.25, -0.2) is 0 Å². The summed E-state index contributed by atoms with van der Waals surface area (Å²) >= 11 is 0. The van der Waals surface area contributed by atoms with Crippen LogP contribution in [-0.2, 0) is 17.6 Å². The van der Waals surface area contributed by atoms with Crippen molar-refractivity contribution in [1.82, 2.24) is 5.32 Å². The van der Waals surface area contributed by atoms with Gasteiger partial charge in [-0.3, -0.25) is 4.79 Å². The van der Waals surface area contributed by atoms with Gasteiger partial charge in [-0.05, 0) is 47.2 Å². The highest BCUT2D eigenvalue weighted by Gasteiger charge is 2.16. The summed E-state index contributed by atoms with van der Waals surface area (Å²) < 4.78 is 0. The van der Waals surface area contributed by atoms with Gasteiger partial charge in [0.05, 0.1) is 6.42 Å². The van der Waals surface area contributed by atoms with E-state index in [-0.39, 0.29) is 11.9 Å². The average molecular weight is 344 g/mol. The number of nitrogens with one attached hydrogen (secondary N) is 2. The van der Waals surface area contributed by atoms with Crippen molar-refractivity contribution in [2.45, 2.75) is 31.7 Å². The van der Waals surface area contributed by atoms with E-state index >= 15 is 0 Å². The van der Waals surface area contributed by atoms with Crippen molar-refractivity contribution < 1.29 is 4.79 Å². The number of hydrogen-bond donors (Lipinski definition) is 2. The number of anilines is 1. The van der Waals surface area contributed by atoms with Crippen LogP contribution in [0.1, 0.15) is 24.0 Å². The van der Waals surface area contributed by atoms with Gasteiger partial charge in [-0.1, -0.05) is 60.7 Å². The molecular weight excluding hydrogens is 320 g/mol. The SMILES string of the molecule is O=C(Cc1cccc2ccccc12)NCC1CCCc2ccccc2N1. The first-order valence-corrected chi connectivity index (χ1v) is 9.37. The standard InChI is InChI=1S/C23H24N2O/c26-23(15-19-11-5-9-17-7-1-3-13-21(17)19)24-16-20-12-6-10-18-8-2-4-14-22(18)25-20/h1-5,7-9,11,13-14,20,25H,6,10,12,15-16H2,(H,24,26). The Labute approximate surface area is 154 Å². The minimum Gasteiger partial charge on any atom is -0.380 e. The maximum atomic E-state index is 12.5. The number of carbonyl (C=O) groups is 1. The molecule has 3 heteroatoms. The Morgan fingerprint density at radius 3 is 2.77 bits per heavy atom. The molecule has 0 spiro atoms. The van der Waals surface area contributed by atoms with Crippen molar-refractivity contribution in [2.75, 3.05) is 11.9 Å². The number of rotatable bonds is 4. The Hall–Kier alpha value is -2.81. The Bertz CT molecular complexity index is 913. The quantitative estimate of drug-likeness (QED) is 0.740. The van der Waals surface area contributed by atoms with E-state index in [1.165, 1.54) is 16.6 Å². The molecule has 0 aromatic heterocycles. The van der Waals surface area contributed by atoms with Gasteiger partial charge in [0.1, 0.15) is 0 Å². The predicted molar refractivity (Wildman–Crippen MR) is 107 cm³/mol. The van der Waals surface area contributed by atoms with Crippen LogP contribution in [0.2, 0.25) is 0 Å². The fourth-order valence-electron chi connectivity index (χ4n) is 3.78. The first kappa shape index (κ1) is 16.6. The van der Waals surface area contributed by atoms with E-state index in [0.29, 0.717) is 13.0 Å². The molecule has 1 aliphatic rings. The summed E-state index contributed by atoms with van der Waals surface area (Å²) in [4.78, 5) is 12.5. The van der Waals surface area contributed by atoms with Gasteiger partial charge in [0.15, 0.2) is 0 Å². The van der Waals surface area contributed by atoms with Crippen LogP contribution in [0.4, 0.5) is 5.69 Å². The van der Waals surface area contributed by atoms with Gasteiger partial charge in [-0.2, -0.15) is 0 Å². The second-order valence-corrected chi connectivity index (χ2v) is 7.01. The minimum absolute atomic E-state index is 0.0840. The zero-order valence-corrected chi connectivity index (χ0v) is 14.9. The van der Waals surface area contributed by atoms with E-state index in [0.717, 1.165) is 30.2 Å². The molecule has 1 heterocycles. The molecule has 0 radical (unpaired) electrons. The highest BCUT2D eigenvalue weighted by molar-refractivity contribution is 5.90. The van der Waals surface area contributed by atoms with Crippen molar-refractivity contribution in [3.8, 4) is 0 Å². The zero-order chi connectivity index (χ0) is 17.8. The van der Waals surface area contributed by atoms with Crippen LogP contribution in [0.5, 0.6) is 0 Å². The maximum absolute atomic E-state index is 12.5. The molecule has 132 valence electrons. The number of para-hydroxylation sites is 1. The van der Waals surface area contributed by atoms with Crippen LogP contribution in [0.15, 0.2) is 66.7 Å². The fraction of sp³-hybridized carbons (Fsp3) is 0.261. The molecule has 2 N–H and O–H groups in total. The lowest BCUT2D eigenvalue weighted by molar-refractivity contribution is -0.120. The van der Waals surface area contributed by atoms with Gasteiger partial charge < -0.3 is 10.6 Å². The number of amides is 1. The lowest BCUT2D eigenvalue weighted by atomic mass is 10.0. The molecule has 1 amide bonds. The molecule has 3 aromatic rings. The van der Waals surface area contributed by atoms with E-state index in [1.807, 2.05) is 24.3 Å². The van der Waals surface area contributed by atoms with Gasteiger partial charge in [0, 0.05) is 18.3 Å². The number of hydrogen-bond acceptors (Lipinski definition) is 2. The topological polar surface area (TPSA) is 41.1 Å². The summed E-state index contributed by atoms with van der Waals surface area (Å²) in [7, 11) is 0. The van der Waals surface area contributed by atoms with Crippen molar-refractivity contribution in [3.05, 3.63) is 77.9 Å². The van der Waals surface area contributed by atoms with Crippen LogP contribution >= 0.6 is 0 Å².